The van der Waals surface area contributed by atoms with E-state index in [1.165, 1.54) is 12.8 Å². The average molecular weight is 180 g/mol. The lowest BCUT2D eigenvalue weighted by Gasteiger charge is -1.95. The quantitative estimate of drug-likeness (QED) is 0.668. The molecule has 0 amide bonds. The molecule has 0 bridgehead atoms. The minimum absolute atomic E-state index is 0.789. The smallest absolute Gasteiger partial charge is 0.187 e. The van der Waals surface area contributed by atoms with Crippen molar-refractivity contribution < 1.29 is 0 Å². The fourth-order valence-electron chi connectivity index (χ4n) is 1.28. The first kappa shape index (κ1) is 8.05. The van der Waals surface area contributed by atoms with E-state index in [2.05, 4.69) is 16.9 Å². The molecule has 0 radical (unpaired) electrons. The molecule has 2 rings (SSSR count). The number of thioether (sulfide) groups is 1. The molecule has 64 valence electrons. The zero-order valence-electron chi connectivity index (χ0n) is 7.10. The summed E-state index contributed by atoms with van der Waals surface area (Å²) in [5.41, 5.74) is 0. The summed E-state index contributed by atoms with van der Waals surface area (Å²) in [7, 11) is 0. The molecule has 3 heteroatoms. The molecule has 1 saturated carbocycles. The van der Waals surface area contributed by atoms with Crippen molar-refractivity contribution in [3.05, 3.63) is 18.5 Å². The van der Waals surface area contributed by atoms with Crippen LogP contribution >= 0.6 is 11.8 Å². The van der Waals surface area contributed by atoms with Gasteiger partial charge in [-0.15, -0.1) is 0 Å². The monoisotopic (exact) mass is 180 g/mol. The molecule has 1 fully saturated rings. The molecular weight excluding hydrogens is 168 g/mol. The molecule has 1 aliphatic carbocycles. The van der Waals surface area contributed by atoms with E-state index >= 15 is 0 Å². The summed E-state index contributed by atoms with van der Waals surface area (Å²) in [6.45, 7) is 2.25. The van der Waals surface area contributed by atoms with Crippen LogP contribution in [0.4, 0.5) is 0 Å². The Morgan fingerprint density at radius 1 is 1.50 bits per heavy atom. The maximum Gasteiger partial charge on any atom is 0.187 e. The third-order valence-electron chi connectivity index (χ3n) is 2.18. The van der Waals surface area contributed by atoms with Crippen LogP contribution in [-0.4, -0.2) is 15.2 Å². The Hall–Kier alpha value is -0.570. The van der Waals surface area contributed by atoms with Gasteiger partial charge in [-0.1, -0.05) is 25.1 Å². The van der Waals surface area contributed by atoms with Crippen LogP contribution < -0.4 is 0 Å². The lowest BCUT2D eigenvalue weighted by Crippen LogP contribution is -1.86. The Balaban J connectivity index is 1.89. The molecule has 2 atom stereocenters. The van der Waals surface area contributed by atoms with E-state index in [-0.39, 0.29) is 0 Å². The van der Waals surface area contributed by atoms with Gasteiger partial charge in [0.1, 0.15) is 0 Å². The van der Waals surface area contributed by atoms with Gasteiger partial charge in [0.2, 0.25) is 0 Å². The van der Waals surface area contributed by atoms with Crippen LogP contribution in [-0.2, 0) is 0 Å². The van der Waals surface area contributed by atoms with Gasteiger partial charge in [-0.3, -0.25) is 0 Å². The molecule has 1 aromatic heterocycles. The summed E-state index contributed by atoms with van der Waals surface area (Å²) in [5, 5.41) is 1.72. The fraction of sp³-hybridized carbons (Fsp3) is 0.556. The molecule has 1 aromatic rings. The molecule has 1 aliphatic rings. The largest absolute Gasteiger partial charge is 0.231 e. The summed E-state index contributed by atoms with van der Waals surface area (Å²) in [6, 6.07) is 1.86. The van der Waals surface area contributed by atoms with Gasteiger partial charge in [0.05, 0.1) is 0 Å². The molecule has 0 spiro atoms. The number of hydrogen-bond donors (Lipinski definition) is 0. The van der Waals surface area contributed by atoms with E-state index in [1.54, 1.807) is 12.4 Å². The summed E-state index contributed by atoms with van der Waals surface area (Å²) in [4.78, 5) is 8.36. The van der Waals surface area contributed by atoms with E-state index in [0.29, 0.717) is 0 Å². The first-order valence-electron chi connectivity index (χ1n) is 4.34. The minimum Gasteiger partial charge on any atom is -0.231 e. The van der Waals surface area contributed by atoms with E-state index in [0.717, 1.165) is 16.3 Å². The third kappa shape index (κ3) is 1.78. The summed E-state index contributed by atoms with van der Waals surface area (Å²) < 4.78 is 0. The van der Waals surface area contributed by atoms with Crippen molar-refractivity contribution in [2.75, 3.05) is 0 Å². The second kappa shape index (κ2) is 3.44. The van der Waals surface area contributed by atoms with E-state index in [9.17, 15) is 0 Å². The van der Waals surface area contributed by atoms with Crippen molar-refractivity contribution >= 4 is 11.8 Å². The molecule has 0 aromatic carbocycles. The van der Waals surface area contributed by atoms with Gasteiger partial charge in [-0.25, -0.2) is 9.97 Å². The summed E-state index contributed by atoms with van der Waals surface area (Å²) in [5.74, 6) is 0.916. The van der Waals surface area contributed by atoms with Gasteiger partial charge in [-0.05, 0) is 18.4 Å². The van der Waals surface area contributed by atoms with Crippen molar-refractivity contribution in [3.8, 4) is 0 Å². The van der Waals surface area contributed by atoms with Crippen LogP contribution in [0.1, 0.15) is 19.8 Å². The number of aromatic nitrogens is 2. The van der Waals surface area contributed by atoms with E-state index in [4.69, 9.17) is 0 Å². The van der Waals surface area contributed by atoms with Gasteiger partial charge < -0.3 is 0 Å². The standard InChI is InChI=1S/C9H12N2S/c1-2-7-6-8(7)12-9-10-4-3-5-11-9/h3-5,7-8H,2,6H2,1H3. The van der Waals surface area contributed by atoms with Crippen molar-refractivity contribution in [3.63, 3.8) is 0 Å². The topological polar surface area (TPSA) is 25.8 Å². The van der Waals surface area contributed by atoms with Crippen molar-refractivity contribution in [2.24, 2.45) is 5.92 Å². The zero-order chi connectivity index (χ0) is 8.39. The zero-order valence-corrected chi connectivity index (χ0v) is 7.92. The van der Waals surface area contributed by atoms with Crippen molar-refractivity contribution in [1.82, 2.24) is 9.97 Å². The lowest BCUT2D eigenvalue weighted by atomic mass is 10.3. The van der Waals surface area contributed by atoms with Crippen LogP contribution in [0.25, 0.3) is 0 Å². The van der Waals surface area contributed by atoms with Gasteiger partial charge in [0.15, 0.2) is 5.16 Å². The number of hydrogen-bond acceptors (Lipinski definition) is 3. The van der Waals surface area contributed by atoms with Crippen molar-refractivity contribution in [2.45, 2.75) is 30.2 Å². The first-order valence-corrected chi connectivity index (χ1v) is 5.21. The van der Waals surface area contributed by atoms with Gasteiger partial charge in [0.25, 0.3) is 0 Å². The van der Waals surface area contributed by atoms with E-state index in [1.807, 2.05) is 17.8 Å². The summed E-state index contributed by atoms with van der Waals surface area (Å²) in [6.07, 6.45) is 6.25. The first-order chi connectivity index (χ1) is 5.90. The van der Waals surface area contributed by atoms with Gasteiger partial charge in [0, 0.05) is 17.6 Å². The van der Waals surface area contributed by atoms with E-state index < -0.39 is 0 Å². The number of nitrogens with zero attached hydrogens (tertiary/aromatic N) is 2. The van der Waals surface area contributed by atoms with Gasteiger partial charge in [-0.2, -0.15) is 0 Å². The number of rotatable bonds is 3. The van der Waals surface area contributed by atoms with Crippen LogP contribution in [0.2, 0.25) is 0 Å². The molecule has 2 unspecified atom stereocenters. The molecule has 0 N–H and O–H groups in total. The summed E-state index contributed by atoms with van der Waals surface area (Å²) >= 11 is 1.82. The van der Waals surface area contributed by atoms with Crippen LogP contribution in [0.5, 0.6) is 0 Å². The molecule has 2 nitrogen and oxygen atoms in total. The predicted octanol–water partition coefficient (Wildman–Crippen LogP) is 2.37. The maximum absolute atomic E-state index is 4.18. The molecule has 0 aliphatic heterocycles. The fourth-order valence-corrected chi connectivity index (χ4v) is 2.52. The van der Waals surface area contributed by atoms with Crippen LogP contribution in [0, 0.1) is 5.92 Å². The predicted molar refractivity (Wildman–Crippen MR) is 50.1 cm³/mol. The minimum atomic E-state index is 0.789. The third-order valence-corrected chi connectivity index (χ3v) is 3.48. The maximum atomic E-state index is 4.18. The Morgan fingerprint density at radius 2 is 2.25 bits per heavy atom. The Morgan fingerprint density at radius 3 is 2.83 bits per heavy atom. The molecule has 1 heterocycles. The highest BCUT2D eigenvalue weighted by Crippen LogP contribution is 2.45. The molecule has 12 heavy (non-hydrogen) atoms. The Bertz CT molecular complexity index is 250. The molecule has 0 saturated heterocycles. The highest BCUT2D eigenvalue weighted by Gasteiger charge is 2.36. The van der Waals surface area contributed by atoms with Crippen molar-refractivity contribution in [1.29, 1.82) is 0 Å². The SMILES string of the molecule is CCC1CC1Sc1ncccn1. The van der Waals surface area contributed by atoms with Crippen LogP contribution in [0.3, 0.4) is 0 Å². The Labute approximate surface area is 76.8 Å². The average Bonchev–Trinajstić information content (AvgIpc) is 2.85. The van der Waals surface area contributed by atoms with Gasteiger partial charge >= 0.3 is 0 Å². The van der Waals surface area contributed by atoms with Crippen LogP contribution in [0.15, 0.2) is 23.6 Å². The Kier molecular flexibility index (Phi) is 2.30. The lowest BCUT2D eigenvalue weighted by molar-refractivity contribution is 0.801. The highest BCUT2D eigenvalue weighted by atomic mass is 32.2. The molecular formula is C9H12N2S. The normalized spacial score (nSPS) is 27.1. The highest BCUT2D eigenvalue weighted by molar-refractivity contribution is 8.00. The second-order valence-corrected chi connectivity index (χ2v) is 4.30. The second-order valence-electron chi connectivity index (χ2n) is 3.09.